The minimum absolute atomic E-state index is 0.179. The maximum atomic E-state index is 13.0. The van der Waals surface area contributed by atoms with Crippen molar-refractivity contribution in [3.05, 3.63) is 70.7 Å². The van der Waals surface area contributed by atoms with Crippen molar-refractivity contribution in [2.75, 3.05) is 0 Å². The van der Waals surface area contributed by atoms with Gasteiger partial charge < -0.3 is 9.88 Å². The number of halogens is 1. The average Bonchev–Trinajstić information content (AvgIpc) is 3.28. The largest absolute Gasteiger partial charge is 0.347 e. The number of nitrogens with one attached hydrogen (secondary N) is 1. The highest BCUT2D eigenvalue weighted by molar-refractivity contribution is 7.17. The molecule has 0 saturated carbocycles. The zero-order valence-electron chi connectivity index (χ0n) is 16.4. The lowest BCUT2D eigenvalue weighted by Crippen LogP contribution is -2.22. The Morgan fingerprint density at radius 1 is 1.24 bits per heavy atom. The van der Waals surface area contributed by atoms with Gasteiger partial charge in [0, 0.05) is 35.9 Å². The number of carbonyl (C=O) groups excluding carboxylic acids is 1. The van der Waals surface area contributed by atoms with Gasteiger partial charge in [-0.15, -0.1) is 11.3 Å². The number of aromatic nitrogens is 3. The summed E-state index contributed by atoms with van der Waals surface area (Å²) in [5.74, 6) is -0.473. The molecule has 1 N–H and O–H groups in total. The Hall–Kier alpha value is -3.06. The molecule has 29 heavy (non-hydrogen) atoms. The zero-order valence-corrected chi connectivity index (χ0v) is 17.3. The summed E-state index contributed by atoms with van der Waals surface area (Å²) in [6.45, 7) is 6.40. The van der Waals surface area contributed by atoms with Gasteiger partial charge in [0.05, 0.1) is 5.69 Å². The van der Waals surface area contributed by atoms with Crippen molar-refractivity contribution in [3.8, 4) is 10.6 Å². The number of thiazole rings is 1. The number of pyridine rings is 1. The van der Waals surface area contributed by atoms with E-state index in [9.17, 15) is 9.18 Å². The van der Waals surface area contributed by atoms with Gasteiger partial charge in [-0.25, -0.2) is 14.4 Å². The molecule has 0 saturated heterocycles. The second-order valence-corrected chi connectivity index (χ2v) is 8.16. The number of aryl methyl sites for hydroxylation is 1. The molecule has 0 aliphatic heterocycles. The van der Waals surface area contributed by atoms with Crippen LogP contribution in [0.15, 0.2) is 48.8 Å². The Bertz CT molecular complexity index is 1180. The van der Waals surface area contributed by atoms with E-state index in [-0.39, 0.29) is 17.8 Å². The van der Waals surface area contributed by atoms with E-state index in [0.717, 1.165) is 27.2 Å². The molecule has 1 aromatic carbocycles. The molecule has 7 heteroatoms. The smallest absolute Gasteiger partial charge is 0.263 e. The predicted molar refractivity (Wildman–Crippen MR) is 114 cm³/mol. The molecule has 0 aliphatic rings. The van der Waals surface area contributed by atoms with Crippen LogP contribution < -0.4 is 5.32 Å². The first kappa shape index (κ1) is 19.3. The minimum Gasteiger partial charge on any atom is -0.347 e. The maximum absolute atomic E-state index is 13.0. The lowest BCUT2D eigenvalue weighted by Gasteiger charge is -2.07. The standard InChI is InChI=1S/C22H21FN4OS/c1-13(2)27-12-18(17-5-4-10-24-20(17)27)22-26-14(3)19(29-22)21(28)25-11-15-6-8-16(23)9-7-15/h4-10,12-13H,11H2,1-3H3,(H,25,28). The topological polar surface area (TPSA) is 59.8 Å². The molecule has 0 atom stereocenters. The number of carbonyl (C=O) groups is 1. The molecule has 0 spiro atoms. The molecule has 4 rings (SSSR count). The van der Waals surface area contributed by atoms with Gasteiger partial charge in [-0.05, 0) is 50.6 Å². The van der Waals surface area contributed by atoms with Gasteiger partial charge in [0.25, 0.3) is 5.91 Å². The molecule has 0 aliphatic carbocycles. The SMILES string of the molecule is Cc1nc(-c2cn(C(C)C)c3ncccc23)sc1C(=O)NCc1ccc(F)cc1. The van der Waals surface area contributed by atoms with Gasteiger partial charge in [-0.3, -0.25) is 4.79 Å². The molecule has 4 aromatic rings. The van der Waals surface area contributed by atoms with E-state index in [1.807, 2.05) is 19.1 Å². The number of fused-ring (bicyclic) bond motifs is 1. The third kappa shape index (κ3) is 3.78. The summed E-state index contributed by atoms with van der Waals surface area (Å²) in [4.78, 5) is 22.4. The van der Waals surface area contributed by atoms with Crippen molar-refractivity contribution in [2.45, 2.75) is 33.4 Å². The van der Waals surface area contributed by atoms with E-state index in [2.05, 4.69) is 39.9 Å². The van der Waals surface area contributed by atoms with Crippen LogP contribution in [0.4, 0.5) is 4.39 Å². The van der Waals surface area contributed by atoms with Crippen LogP contribution in [0.1, 0.15) is 40.8 Å². The van der Waals surface area contributed by atoms with Gasteiger partial charge in [-0.2, -0.15) is 0 Å². The summed E-state index contributed by atoms with van der Waals surface area (Å²) in [6.07, 6.45) is 3.84. The van der Waals surface area contributed by atoms with Crippen LogP contribution in [-0.4, -0.2) is 20.4 Å². The summed E-state index contributed by atoms with van der Waals surface area (Å²) in [7, 11) is 0. The first-order chi connectivity index (χ1) is 13.9. The quantitative estimate of drug-likeness (QED) is 0.499. The molecule has 0 unspecified atom stereocenters. The van der Waals surface area contributed by atoms with Crippen molar-refractivity contribution in [3.63, 3.8) is 0 Å². The van der Waals surface area contributed by atoms with Crippen LogP contribution in [0.5, 0.6) is 0 Å². The fourth-order valence-electron chi connectivity index (χ4n) is 3.23. The van der Waals surface area contributed by atoms with E-state index in [0.29, 0.717) is 17.1 Å². The van der Waals surface area contributed by atoms with E-state index in [4.69, 9.17) is 0 Å². The summed E-state index contributed by atoms with van der Waals surface area (Å²) in [6, 6.07) is 10.3. The fraction of sp³-hybridized carbons (Fsp3) is 0.227. The lowest BCUT2D eigenvalue weighted by molar-refractivity contribution is 0.0954. The Morgan fingerprint density at radius 2 is 2.00 bits per heavy atom. The van der Waals surface area contributed by atoms with Crippen molar-refractivity contribution in [2.24, 2.45) is 0 Å². The molecule has 0 bridgehead atoms. The number of hydrogen-bond donors (Lipinski definition) is 1. The first-order valence-electron chi connectivity index (χ1n) is 9.40. The molecule has 148 valence electrons. The number of hydrogen-bond acceptors (Lipinski definition) is 4. The Kier molecular flexibility index (Phi) is 5.15. The number of benzene rings is 1. The van der Waals surface area contributed by atoms with Gasteiger partial charge >= 0.3 is 0 Å². The predicted octanol–water partition coefficient (Wildman–Crippen LogP) is 5.12. The van der Waals surface area contributed by atoms with Gasteiger partial charge in [0.15, 0.2) is 0 Å². The van der Waals surface area contributed by atoms with Crippen LogP contribution in [0.2, 0.25) is 0 Å². The second-order valence-electron chi connectivity index (χ2n) is 7.16. The highest BCUT2D eigenvalue weighted by Gasteiger charge is 2.20. The summed E-state index contributed by atoms with van der Waals surface area (Å²) in [5.41, 5.74) is 3.42. The van der Waals surface area contributed by atoms with Crippen molar-refractivity contribution in [1.82, 2.24) is 19.9 Å². The van der Waals surface area contributed by atoms with Crippen LogP contribution in [0.3, 0.4) is 0 Å². The number of nitrogens with zero attached hydrogens (tertiary/aromatic N) is 3. The van der Waals surface area contributed by atoms with E-state index in [1.54, 1.807) is 18.3 Å². The van der Waals surface area contributed by atoms with E-state index in [1.165, 1.54) is 23.5 Å². The molecule has 0 fully saturated rings. The zero-order chi connectivity index (χ0) is 20.5. The average molecular weight is 409 g/mol. The fourth-order valence-corrected chi connectivity index (χ4v) is 4.24. The first-order valence-corrected chi connectivity index (χ1v) is 10.2. The third-order valence-electron chi connectivity index (χ3n) is 4.75. The Morgan fingerprint density at radius 3 is 2.72 bits per heavy atom. The highest BCUT2D eigenvalue weighted by Crippen LogP contribution is 2.35. The summed E-state index contributed by atoms with van der Waals surface area (Å²) < 4.78 is 15.2. The molecule has 3 aromatic heterocycles. The summed E-state index contributed by atoms with van der Waals surface area (Å²) >= 11 is 1.37. The number of rotatable bonds is 5. The lowest BCUT2D eigenvalue weighted by atomic mass is 10.2. The monoisotopic (exact) mass is 408 g/mol. The molecular weight excluding hydrogens is 387 g/mol. The Labute approximate surface area is 172 Å². The highest BCUT2D eigenvalue weighted by atomic mass is 32.1. The van der Waals surface area contributed by atoms with Crippen molar-refractivity contribution in [1.29, 1.82) is 0 Å². The number of amides is 1. The molecule has 0 radical (unpaired) electrons. The molecule has 3 heterocycles. The molecule has 5 nitrogen and oxygen atoms in total. The molecule has 1 amide bonds. The van der Waals surface area contributed by atoms with Crippen LogP contribution in [0, 0.1) is 12.7 Å². The van der Waals surface area contributed by atoms with Gasteiger partial charge in [0.1, 0.15) is 21.3 Å². The van der Waals surface area contributed by atoms with Crippen molar-refractivity contribution < 1.29 is 9.18 Å². The Balaban J connectivity index is 1.62. The van der Waals surface area contributed by atoms with E-state index < -0.39 is 0 Å². The van der Waals surface area contributed by atoms with Crippen molar-refractivity contribution >= 4 is 28.3 Å². The third-order valence-corrected chi connectivity index (χ3v) is 5.93. The van der Waals surface area contributed by atoms with E-state index >= 15 is 0 Å². The molecular formula is C22H21FN4OS. The van der Waals surface area contributed by atoms with Crippen LogP contribution in [0.25, 0.3) is 21.6 Å². The second kappa shape index (κ2) is 7.75. The van der Waals surface area contributed by atoms with Gasteiger partial charge in [-0.1, -0.05) is 12.1 Å². The minimum atomic E-state index is -0.293. The maximum Gasteiger partial charge on any atom is 0.263 e. The van der Waals surface area contributed by atoms with Gasteiger partial charge in [0.2, 0.25) is 0 Å². The van der Waals surface area contributed by atoms with Crippen LogP contribution >= 0.6 is 11.3 Å². The normalized spacial score (nSPS) is 11.3. The van der Waals surface area contributed by atoms with Crippen LogP contribution in [-0.2, 0) is 6.54 Å². The summed E-state index contributed by atoms with van der Waals surface area (Å²) in [5, 5.41) is 4.71.